The third kappa shape index (κ3) is 4.37. The van der Waals surface area contributed by atoms with Crippen molar-refractivity contribution in [2.24, 2.45) is 5.73 Å². The molecule has 1 aromatic heterocycles. The molecule has 2 amide bonds. The van der Waals surface area contributed by atoms with Gasteiger partial charge in [-0.05, 0) is 50.6 Å². The Balaban J connectivity index is 1.92. The molecule has 0 fully saturated rings. The zero-order chi connectivity index (χ0) is 22.1. The van der Waals surface area contributed by atoms with Crippen molar-refractivity contribution in [1.29, 1.82) is 0 Å². The van der Waals surface area contributed by atoms with E-state index in [9.17, 15) is 18.0 Å². The fourth-order valence-electron chi connectivity index (χ4n) is 2.87. The van der Waals surface area contributed by atoms with Gasteiger partial charge >= 0.3 is 0 Å². The molecule has 7 nitrogen and oxygen atoms in total. The number of carbonyl (C=O) groups is 2. The molecule has 0 atom stereocenters. The van der Waals surface area contributed by atoms with E-state index in [2.05, 4.69) is 10.0 Å². The number of hydrogen-bond acceptors (Lipinski definition) is 5. The lowest BCUT2D eigenvalue weighted by atomic mass is 10.1. The van der Waals surface area contributed by atoms with Gasteiger partial charge in [-0.25, -0.2) is 8.42 Å². The lowest BCUT2D eigenvalue weighted by Crippen LogP contribution is -2.20. The summed E-state index contributed by atoms with van der Waals surface area (Å²) in [6.07, 6.45) is 0. The van der Waals surface area contributed by atoms with Crippen LogP contribution in [-0.4, -0.2) is 20.2 Å². The van der Waals surface area contributed by atoms with Crippen LogP contribution >= 0.6 is 11.3 Å². The number of rotatable bonds is 6. The zero-order valence-corrected chi connectivity index (χ0v) is 18.3. The quantitative estimate of drug-likeness (QED) is 0.536. The van der Waals surface area contributed by atoms with Crippen LogP contribution in [0.15, 0.2) is 53.4 Å². The summed E-state index contributed by atoms with van der Waals surface area (Å²) in [5.74, 6) is -1.19. The van der Waals surface area contributed by atoms with Gasteiger partial charge in [-0.15, -0.1) is 11.3 Å². The summed E-state index contributed by atoms with van der Waals surface area (Å²) < 4.78 is 27.9. The molecule has 0 saturated heterocycles. The summed E-state index contributed by atoms with van der Waals surface area (Å²) in [5, 5.41) is 3.02. The summed E-state index contributed by atoms with van der Waals surface area (Å²) in [6.45, 7) is 5.44. The number of primary amides is 1. The maximum atomic E-state index is 12.9. The van der Waals surface area contributed by atoms with Crippen molar-refractivity contribution < 1.29 is 18.0 Å². The molecule has 0 bridgehead atoms. The zero-order valence-electron chi connectivity index (χ0n) is 16.6. The Bertz CT molecular complexity index is 1230. The van der Waals surface area contributed by atoms with Crippen molar-refractivity contribution in [3.05, 3.63) is 75.7 Å². The van der Waals surface area contributed by atoms with E-state index in [1.807, 2.05) is 13.8 Å². The molecule has 9 heteroatoms. The smallest absolute Gasteiger partial charge is 0.261 e. The Labute approximate surface area is 179 Å². The lowest BCUT2D eigenvalue weighted by Gasteiger charge is -2.13. The monoisotopic (exact) mass is 443 g/mol. The molecule has 1 heterocycles. The first-order valence-electron chi connectivity index (χ1n) is 9.00. The highest BCUT2D eigenvalue weighted by atomic mass is 32.2. The van der Waals surface area contributed by atoms with E-state index in [4.69, 9.17) is 5.73 Å². The van der Waals surface area contributed by atoms with Crippen LogP contribution in [0, 0.1) is 20.8 Å². The summed E-state index contributed by atoms with van der Waals surface area (Å²) >= 11 is 1.24. The lowest BCUT2D eigenvalue weighted by molar-refractivity contribution is 0.100. The van der Waals surface area contributed by atoms with Gasteiger partial charge in [0.2, 0.25) is 0 Å². The fraction of sp³-hybridized carbons (Fsp3) is 0.143. The molecule has 0 radical (unpaired) electrons. The van der Waals surface area contributed by atoms with E-state index >= 15 is 0 Å². The molecule has 0 saturated carbocycles. The largest absolute Gasteiger partial charge is 0.365 e. The Morgan fingerprint density at radius 1 is 0.967 bits per heavy atom. The van der Waals surface area contributed by atoms with E-state index in [-0.39, 0.29) is 21.7 Å². The molecule has 0 spiro atoms. The summed E-state index contributed by atoms with van der Waals surface area (Å²) in [4.78, 5) is 25.6. The second kappa shape index (κ2) is 8.29. The fourth-order valence-corrected chi connectivity index (χ4v) is 5.01. The molecule has 3 aromatic rings. The van der Waals surface area contributed by atoms with E-state index < -0.39 is 21.8 Å². The Morgan fingerprint density at radius 3 is 2.23 bits per heavy atom. The molecular weight excluding hydrogens is 422 g/mol. The number of para-hydroxylation sites is 1. The van der Waals surface area contributed by atoms with Gasteiger partial charge in [0.15, 0.2) is 0 Å². The molecule has 0 aliphatic rings. The average molecular weight is 444 g/mol. The molecule has 4 N–H and O–H groups in total. The number of nitrogens with one attached hydrogen (secondary N) is 2. The van der Waals surface area contributed by atoms with E-state index in [0.29, 0.717) is 10.6 Å². The number of anilines is 2. The van der Waals surface area contributed by atoms with Crippen LogP contribution in [0.2, 0.25) is 0 Å². The minimum absolute atomic E-state index is 0.0869. The number of carbonyl (C=O) groups excluding carboxylic acids is 2. The molecule has 0 unspecified atom stereocenters. The third-order valence-corrected chi connectivity index (χ3v) is 7.11. The second-order valence-corrected chi connectivity index (χ2v) is 9.68. The number of benzene rings is 2. The predicted octanol–water partition coefficient (Wildman–Crippen LogP) is 3.83. The summed E-state index contributed by atoms with van der Waals surface area (Å²) in [5.41, 5.74) is 7.59. The van der Waals surface area contributed by atoms with Gasteiger partial charge < -0.3 is 11.1 Å². The van der Waals surface area contributed by atoms with Crippen molar-refractivity contribution in [1.82, 2.24) is 0 Å². The summed E-state index contributed by atoms with van der Waals surface area (Å²) in [6, 6.07) is 12.6. The maximum Gasteiger partial charge on any atom is 0.261 e. The number of aryl methyl sites for hydroxylation is 2. The maximum absolute atomic E-state index is 12.9. The van der Waals surface area contributed by atoms with Crippen molar-refractivity contribution in [2.45, 2.75) is 25.7 Å². The van der Waals surface area contributed by atoms with Crippen LogP contribution in [0.5, 0.6) is 0 Å². The van der Waals surface area contributed by atoms with Crippen LogP contribution < -0.4 is 15.8 Å². The average Bonchev–Trinajstić information content (AvgIpc) is 2.95. The number of hydrogen-bond donors (Lipinski definition) is 3. The SMILES string of the molecule is Cc1ccc(S(=O)(=O)Nc2ccccc2C(=O)Nc2sc(C)c(C)c2C(N)=O)cc1. The first kappa shape index (κ1) is 21.5. The van der Waals surface area contributed by atoms with Crippen LogP contribution in [0.4, 0.5) is 10.7 Å². The van der Waals surface area contributed by atoms with Gasteiger partial charge in [0, 0.05) is 4.88 Å². The highest BCUT2D eigenvalue weighted by molar-refractivity contribution is 7.92. The molecule has 30 heavy (non-hydrogen) atoms. The van der Waals surface area contributed by atoms with E-state index in [1.165, 1.54) is 35.6 Å². The van der Waals surface area contributed by atoms with Crippen LogP contribution in [0.3, 0.4) is 0 Å². The van der Waals surface area contributed by atoms with Gasteiger partial charge in [0.05, 0.1) is 21.7 Å². The van der Waals surface area contributed by atoms with Crippen LogP contribution in [0.1, 0.15) is 36.7 Å². The third-order valence-electron chi connectivity index (χ3n) is 4.61. The van der Waals surface area contributed by atoms with Gasteiger partial charge in [-0.3, -0.25) is 14.3 Å². The number of thiophene rings is 1. The highest BCUT2D eigenvalue weighted by Gasteiger charge is 2.22. The highest BCUT2D eigenvalue weighted by Crippen LogP contribution is 2.33. The van der Waals surface area contributed by atoms with E-state index in [0.717, 1.165) is 10.4 Å². The first-order chi connectivity index (χ1) is 14.1. The Morgan fingerprint density at radius 2 is 1.60 bits per heavy atom. The Hall–Kier alpha value is -3.17. The van der Waals surface area contributed by atoms with Crippen molar-refractivity contribution >= 4 is 43.9 Å². The van der Waals surface area contributed by atoms with Crippen molar-refractivity contribution in [3.63, 3.8) is 0 Å². The predicted molar refractivity (Wildman–Crippen MR) is 119 cm³/mol. The Kier molecular flexibility index (Phi) is 5.95. The number of nitrogens with two attached hydrogens (primary N) is 1. The minimum atomic E-state index is -3.88. The minimum Gasteiger partial charge on any atom is -0.365 e. The molecule has 3 rings (SSSR count). The van der Waals surface area contributed by atoms with Crippen LogP contribution in [0.25, 0.3) is 0 Å². The second-order valence-electron chi connectivity index (χ2n) is 6.77. The molecular formula is C21H21N3O4S2. The first-order valence-corrected chi connectivity index (χ1v) is 11.3. The van der Waals surface area contributed by atoms with Crippen LogP contribution in [-0.2, 0) is 10.0 Å². The molecule has 0 aliphatic heterocycles. The van der Waals surface area contributed by atoms with Gasteiger partial charge in [0.1, 0.15) is 5.00 Å². The topological polar surface area (TPSA) is 118 Å². The summed E-state index contributed by atoms with van der Waals surface area (Å²) in [7, 11) is -3.88. The molecule has 2 aromatic carbocycles. The number of amides is 2. The standard InChI is InChI=1S/C21H21N3O4S2/c1-12-8-10-15(11-9-12)30(27,28)24-17-7-5-4-6-16(17)20(26)23-21-18(19(22)25)13(2)14(3)29-21/h4-11,24H,1-3H3,(H2,22,25)(H,23,26). The van der Waals surface area contributed by atoms with Gasteiger partial charge in [-0.1, -0.05) is 29.8 Å². The number of sulfonamides is 1. The van der Waals surface area contributed by atoms with Crippen molar-refractivity contribution in [3.8, 4) is 0 Å². The normalized spacial score (nSPS) is 11.2. The molecule has 0 aliphatic carbocycles. The van der Waals surface area contributed by atoms with Gasteiger partial charge in [0.25, 0.3) is 21.8 Å². The molecule has 156 valence electrons. The van der Waals surface area contributed by atoms with Gasteiger partial charge in [-0.2, -0.15) is 0 Å². The van der Waals surface area contributed by atoms with Crippen molar-refractivity contribution in [2.75, 3.05) is 10.0 Å². The van der Waals surface area contributed by atoms with E-state index in [1.54, 1.807) is 31.2 Å².